The Labute approximate surface area is 154 Å². The van der Waals surface area contributed by atoms with E-state index in [1.54, 1.807) is 12.5 Å². The molecule has 3 rings (SSSR count). The fourth-order valence-electron chi connectivity index (χ4n) is 3.36. The van der Waals surface area contributed by atoms with Crippen LogP contribution in [0.1, 0.15) is 23.7 Å². The number of aromatic nitrogens is 2. The highest BCUT2D eigenvalue weighted by molar-refractivity contribution is 5.37. The number of nitrogens with zero attached hydrogens (tertiary/aromatic N) is 3. The molecule has 1 saturated heterocycles. The van der Waals surface area contributed by atoms with Crippen LogP contribution < -0.4 is 4.74 Å². The van der Waals surface area contributed by atoms with Crippen molar-refractivity contribution < 1.29 is 14.6 Å². The lowest BCUT2D eigenvalue weighted by Gasteiger charge is -2.23. The average Bonchev–Trinajstić information content (AvgIpc) is 2.89. The van der Waals surface area contributed by atoms with Crippen molar-refractivity contribution >= 4 is 0 Å². The number of benzene rings is 1. The predicted octanol–water partition coefficient (Wildman–Crippen LogP) is 2.06. The topological polar surface area (TPSA) is 67.7 Å². The molecule has 1 aromatic carbocycles. The predicted molar refractivity (Wildman–Crippen MR) is 98.9 cm³/mol. The van der Waals surface area contributed by atoms with Crippen LogP contribution in [0.5, 0.6) is 5.75 Å². The van der Waals surface area contributed by atoms with E-state index in [1.807, 2.05) is 25.1 Å². The molecule has 1 aliphatic rings. The molecule has 0 unspecified atom stereocenters. The van der Waals surface area contributed by atoms with Crippen LogP contribution in [-0.2, 0) is 24.3 Å². The maximum atomic E-state index is 9.60. The lowest BCUT2D eigenvalue weighted by molar-refractivity contribution is 0.121. The van der Waals surface area contributed by atoms with Crippen LogP contribution in [0, 0.1) is 5.92 Å². The van der Waals surface area contributed by atoms with Crippen LogP contribution >= 0.6 is 0 Å². The van der Waals surface area contributed by atoms with E-state index in [9.17, 15) is 5.11 Å². The van der Waals surface area contributed by atoms with E-state index < -0.39 is 0 Å². The number of aliphatic hydroxyl groups excluding tert-OH is 1. The molecule has 0 radical (unpaired) electrons. The maximum Gasteiger partial charge on any atom is 0.124 e. The lowest BCUT2D eigenvalue weighted by atomic mass is 10.0. The van der Waals surface area contributed by atoms with Crippen molar-refractivity contribution in [1.29, 1.82) is 0 Å². The van der Waals surface area contributed by atoms with Gasteiger partial charge in [-0.05, 0) is 37.1 Å². The molecule has 2 aromatic rings. The second-order valence-corrected chi connectivity index (χ2v) is 6.61. The van der Waals surface area contributed by atoms with Gasteiger partial charge < -0.3 is 14.6 Å². The zero-order valence-electron chi connectivity index (χ0n) is 15.3. The standard InChI is InChI=1S/C20H27N3O3/c1-2-26-20-4-3-16(9-18(20)13-24)11-23-7-8-25-14-17(12-23)10-19-5-6-21-15-22-19/h3-6,9,15,17,24H,2,7-8,10-14H2,1H3/t17-/m1/s1. The first-order valence-electron chi connectivity index (χ1n) is 9.19. The highest BCUT2D eigenvalue weighted by Gasteiger charge is 2.20. The molecule has 1 fully saturated rings. The van der Waals surface area contributed by atoms with Gasteiger partial charge in [-0.1, -0.05) is 6.07 Å². The Morgan fingerprint density at radius 1 is 1.35 bits per heavy atom. The van der Waals surface area contributed by atoms with Gasteiger partial charge in [0.25, 0.3) is 0 Å². The van der Waals surface area contributed by atoms with Crippen LogP contribution in [0.15, 0.2) is 36.8 Å². The molecule has 140 valence electrons. The van der Waals surface area contributed by atoms with Crippen molar-refractivity contribution in [1.82, 2.24) is 14.9 Å². The first-order valence-corrected chi connectivity index (χ1v) is 9.19. The first kappa shape index (κ1) is 18.8. The van der Waals surface area contributed by atoms with E-state index in [0.717, 1.165) is 56.3 Å². The van der Waals surface area contributed by atoms with Crippen LogP contribution in [0.2, 0.25) is 0 Å². The third kappa shape index (κ3) is 5.24. The number of hydrogen-bond acceptors (Lipinski definition) is 6. The number of aliphatic hydroxyl groups is 1. The summed E-state index contributed by atoms with van der Waals surface area (Å²) < 4.78 is 11.4. The number of ether oxygens (including phenoxy) is 2. The molecule has 0 bridgehead atoms. The van der Waals surface area contributed by atoms with E-state index in [1.165, 1.54) is 5.56 Å². The average molecular weight is 357 g/mol. The summed E-state index contributed by atoms with van der Waals surface area (Å²) in [4.78, 5) is 10.7. The van der Waals surface area contributed by atoms with Crippen LogP contribution in [0.4, 0.5) is 0 Å². The minimum absolute atomic E-state index is 0.0113. The van der Waals surface area contributed by atoms with Gasteiger partial charge in [-0.25, -0.2) is 9.97 Å². The van der Waals surface area contributed by atoms with Gasteiger partial charge in [0.15, 0.2) is 0 Å². The third-order valence-electron chi connectivity index (χ3n) is 4.56. The quantitative estimate of drug-likeness (QED) is 0.818. The molecular weight excluding hydrogens is 330 g/mol. The van der Waals surface area contributed by atoms with E-state index in [2.05, 4.69) is 20.9 Å². The SMILES string of the molecule is CCOc1ccc(CN2CCOC[C@H](Cc3ccncn3)C2)cc1CO. The molecule has 6 heteroatoms. The monoisotopic (exact) mass is 357 g/mol. The molecule has 2 heterocycles. The summed E-state index contributed by atoms with van der Waals surface area (Å²) in [6.07, 6.45) is 4.28. The van der Waals surface area contributed by atoms with Gasteiger partial charge in [-0.3, -0.25) is 4.90 Å². The zero-order chi connectivity index (χ0) is 18.2. The van der Waals surface area contributed by atoms with E-state index >= 15 is 0 Å². The molecule has 1 N–H and O–H groups in total. The highest BCUT2D eigenvalue weighted by Crippen LogP contribution is 2.22. The largest absolute Gasteiger partial charge is 0.494 e. The Bertz CT molecular complexity index is 681. The van der Waals surface area contributed by atoms with Gasteiger partial charge in [0, 0.05) is 43.0 Å². The molecule has 6 nitrogen and oxygen atoms in total. The van der Waals surface area contributed by atoms with Gasteiger partial charge in [0.1, 0.15) is 12.1 Å². The summed E-state index contributed by atoms with van der Waals surface area (Å²) in [6.45, 7) is 6.74. The van der Waals surface area contributed by atoms with Gasteiger partial charge >= 0.3 is 0 Å². The van der Waals surface area contributed by atoms with E-state index in [-0.39, 0.29) is 6.61 Å². The number of hydrogen-bond donors (Lipinski definition) is 1. The fourth-order valence-corrected chi connectivity index (χ4v) is 3.36. The zero-order valence-corrected chi connectivity index (χ0v) is 15.3. The van der Waals surface area contributed by atoms with Gasteiger partial charge in [-0.2, -0.15) is 0 Å². The van der Waals surface area contributed by atoms with Crippen LogP contribution in [0.25, 0.3) is 0 Å². The fraction of sp³-hybridized carbons (Fsp3) is 0.500. The Kier molecular flexibility index (Phi) is 6.94. The van der Waals surface area contributed by atoms with E-state index in [0.29, 0.717) is 12.5 Å². The van der Waals surface area contributed by atoms with Crippen molar-refractivity contribution in [2.45, 2.75) is 26.5 Å². The molecular formula is C20H27N3O3. The first-order chi connectivity index (χ1) is 12.8. The molecule has 1 aliphatic heterocycles. The summed E-state index contributed by atoms with van der Waals surface area (Å²) in [5.74, 6) is 1.17. The lowest BCUT2D eigenvalue weighted by Crippen LogP contribution is -2.30. The van der Waals surface area contributed by atoms with Crippen molar-refractivity contribution in [3.63, 3.8) is 0 Å². The van der Waals surface area contributed by atoms with Crippen molar-refractivity contribution in [2.24, 2.45) is 5.92 Å². The third-order valence-corrected chi connectivity index (χ3v) is 4.56. The normalized spacial score (nSPS) is 18.5. The molecule has 0 aliphatic carbocycles. The minimum Gasteiger partial charge on any atom is -0.494 e. The summed E-state index contributed by atoms with van der Waals surface area (Å²) in [6, 6.07) is 8.04. The minimum atomic E-state index is -0.0113. The molecule has 1 atom stereocenters. The summed E-state index contributed by atoms with van der Waals surface area (Å²) in [5, 5.41) is 9.60. The maximum absolute atomic E-state index is 9.60. The van der Waals surface area contributed by atoms with Crippen molar-refractivity contribution in [3.05, 3.63) is 53.6 Å². The summed E-state index contributed by atoms with van der Waals surface area (Å²) in [7, 11) is 0. The van der Waals surface area contributed by atoms with Gasteiger partial charge in [-0.15, -0.1) is 0 Å². The Morgan fingerprint density at radius 2 is 2.27 bits per heavy atom. The Hall–Kier alpha value is -2.02. The molecule has 0 spiro atoms. The molecule has 26 heavy (non-hydrogen) atoms. The second kappa shape index (κ2) is 9.62. The molecule has 0 amide bonds. The van der Waals surface area contributed by atoms with Crippen LogP contribution in [-0.4, -0.2) is 52.9 Å². The van der Waals surface area contributed by atoms with Crippen LogP contribution in [0.3, 0.4) is 0 Å². The molecule has 1 aromatic heterocycles. The van der Waals surface area contributed by atoms with Gasteiger partial charge in [0.05, 0.1) is 26.4 Å². The molecule has 0 saturated carbocycles. The van der Waals surface area contributed by atoms with Crippen molar-refractivity contribution in [2.75, 3.05) is 32.9 Å². The smallest absolute Gasteiger partial charge is 0.124 e. The van der Waals surface area contributed by atoms with Crippen molar-refractivity contribution in [3.8, 4) is 5.75 Å². The van der Waals surface area contributed by atoms with E-state index in [4.69, 9.17) is 9.47 Å². The summed E-state index contributed by atoms with van der Waals surface area (Å²) in [5.41, 5.74) is 3.08. The summed E-state index contributed by atoms with van der Waals surface area (Å²) >= 11 is 0. The second-order valence-electron chi connectivity index (χ2n) is 6.61. The Balaban J connectivity index is 1.64. The van der Waals surface area contributed by atoms with Gasteiger partial charge in [0.2, 0.25) is 0 Å². The Morgan fingerprint density at radius 3 is 3.04 bits per heavy atom. The number of rotatable bonds is 7. The highest BCUT2D eigenvalue weighted by atomic mass is 16.5.